The molecule has 0 heterocycles. The molecular formula is C22H27N3O2. The lowest BCUT2D eigenvalue weighted by molar-refractivity contribution is -0.122. The lowest BCUT2D eigenvalue weighted by Crippen LogP contribution is -2.43. The van der Waals surface area contributed by atoms with E-state index in [1.165, 1.54) is 11.6 Å². The second-order valence-corrected chi connectivity index (χ2v) is 6.49. The molecule has 2 atom stereocenters. The van der Waals surface area contributed by atoms with Crippen molar-refractivity contribution in [2.24, 2.45) is 5.73 Å². The lowest BCUT2D eigenvalue weighted by atomic mass is 10.0. The molecule has 0 spiro atoms. The summed E-state index contributed by atoms with van der Waals surface area (Å²) in [5.74, 6) is -0.430. The van der Waals surface area contributed by atoms with Crippen molar-refractivity contribution in [1.29, 1.82) is 0 Å². The van der Waals surface area contributed by atoms with Crippen molar-refractivity contribution in [2.45, 2.75) is 38.4 Å². The molecule has 0 aliphatic heterocycles. The zero-order chi connectivity index (χ0) is 19.5. The monoisotopic (exact) mass is 365 g/mol. The zero-order valence-corrected chi connectivity index (χ0v) is 15.6. The van der Waals surface area contributed by atoms with Crippen LogP contribution >= 0.6 is 0 Å². The Morgan fingerprint density at radius 3 is 2.19 bits per heavy atom. The van der Waals surface area contributed by atoms with Gasteiger partial charge >= 0.3 is 0 Å². The van der Waals surface area contributed by atoms with Crippen LogP contribution in [0.15, 0.2) is 72.8 Å². The number of hydrogen-bond acceptors (Lipinski definition) is 3. The molecule has 0 aromatic heterocycles. The van der Waals surface area contributed by atoms with Crippen LogP contribution in [0.4, 0.5) is 0 Å². The molecule has 0 fully saturated rings. The zero-order valence-electron chi connectivity index (χ0n) is 15.6. The van der Waals surface area contributed by atoms with Crippen molar-refractivity contribution in [3.05, 3.63) is 83.9 Å². The summed E-state index contributed by atoms with van der Waals surface area (Å²) >= 11 is 0. The minimum absolute atomic E-state index is 0.196. The second-order valence-electron chi connectivity index (χ2n) is 6.49. The van der Waals surface area contributed by atoms with Gasteiger partial charge in [-0.1, -0.05) is 66.7 Å². The van der Waals surface area contributed by atoms with E-state index in [0.29, 0.717) is 13.0 Å². The van der Waals surface area contributed by atoms with Gasteiger partial charge in [0.15, 0.2) is 0 Å². The van der Waals surface area contributed by atoms with E-state index in [1.54, 1.807) is 13.0 Å². The molecule has 5 heteroatoms. The Morgan fingerprint density at radius 2 is 1.59 bits per heavy atom. The molecule has 2 unspecified atom stereocenters. The summed E-state index contributed by atoms with van der Waals surface area (Å²) in [4.78, 5) is 24.0. The van der Waals surface area contributed by atoms with E-state index < -0.39 is 6.04 Å². The number of amides is 2. The summed E-state index contributed by atoms with van der Waals surface area (Å²) in [6, 6.07) is 18.9. The van der Waals surface area contributed by atoms with Gasteiger partial charge in [-0.15, -0.1) is 0 Å². The van der Waals surface area contributed by atoms with Gasteiger partial charge in [-0.25, -0.2) is 0 Å². The van der Waals surface area contributed by atoms with Crippen molar-refractivity contribution in [2.75, 3.05) is 0 Å². The summed E-state index contributed by atoms with van der Waals surface area (Å²) < 4.78 is 0. The molecule has 0 radical (unpaired) electrons. The average Bonchev–Trinajstić information content (AvgIpc) is 2.69. The SMILES string of the molecule is CC(N)C(=O)NC(C=CC(=O)NCc1ccccc1)CCc1ccccc1. The second kappa shape index (κ2) is 10.9. The molecule has 2 aromatic carbocycles. The molecule has 0 bridgehead atoms. The Kier molecular flexibility index (Phi) is 8.26. The van der Waals surface area contributed by atoms with Crippen LogP contribution in [0.2, 0.25) is 0 Å². The lowest BCUT2D eigenvalue weighted by Gasteiger charge is -2.17. The molecular weight excluding hydrogens is 338 g/mol. The molecule has 142 valence electrons. The van der Waals surface area contributed by atoms with E-state index in [9.17, 15) is 9.59 Å². The van der Waals surface area contributed by atoms with Gasteiger partial charge < -0.3 is 16.4 Å². The fraction of sp³-hybridized carbons (Fsp3) is 0.273. The normalized spacial score (nSPS) is 13.1. The first-order valence-corrected chi connectivity index (χ1v) is 9.14. The number of rotatable bonds is 9. The van der Waals surface area contributed by atoms with Crippen molar-refractivity contribution in [3.8, 4) is 0 Å². The van der Waals surface area contributed by atoms with E-state index in [4.69, 9.17) is 5.73 Å². The fourth-order valence-corrected chi connectivity index (χ4v) is 2.55. The Hall–Kier alpha value is -2.92. The standard InChI is InChI=1S/C22H27N3O2/c1-17(23)22(27)25-20(13-12-18-8-4-2-5-9-18)14-15-21(26)24-16-19-10-6-3-7-11-19/h2-11,14-15,17,20H,12-13,16,23H2,1H3,(H,24,26)(H,25,27). The number of nitrogens with one attached hydrogen (secondary N) is 2. The van der Waals surface area contributed by atoms with Crippen LogP contribution in [0, 0.1) is 0 Å². The number of nitrogens with two attached hydrogens (primary N) is 1. The van der Waals surface area contributed by atoms with E-state index in [0.717, 1.165) is 12.0 Å². The first-order valence-electron chi connectivity index (χ1n) is 9.14. The molecule has 0 aliphatic rings. The van der Waals surface area contributed by atoms with E-state index in [-0.39, 0.29) is 17.9 Å². The predicted molar refractivity (Wildman–Crippen MR) is 108 cm³/mol. The number of benzene rings is 2. The molecule has 27 heavy (non-hydrogen) atoms. The molecule has 2 rings (SSSR count). The predicted octanol–water partition coefficient (Wildman–Crippen LogP) is 2.32. The highest BCUT2D eigenvalue weighted by atomic mass is 16.2. The highest BCUT2D eigenvalue weighted by molar-refractivity contribution is 5.87. The van der Waals surface area contributed by atoms with Crippen LogP contribution in [-0.4, -0.2) is 23.9 Å². The largest absolute Gasteiger partial charge is 0.349 e. The van der Waals surface area contributed by atoms with Crippen molar-refractivity contribution in [3.63, 3.8) is 0 Å². The van der Waals surface area contributed by atoms with Crippen LogP contribution in [0.5, 0.6) is 0 Å². The number of hydrogen-bond donors (Lipinski definition) is 3. The Morgan fingerprint density at radius 1 is 1.00 bits per heavy atom. The molecule has 0 aliphatic carbocycles. The average molecular weight is 365 g/mol. The van der Waals surface area contributed by atoms with Crippen molar-refractivity contribution in [1.82, 2.24) is 10.6 Å². The number of carbonyl (C=O) groups excluding carboxylic acids is 2. The maximum absolute atomic E-state index is 12.1. The molecule has 2 aromatic rings. The Balaban J connectivity index is 1.91. The van der Waals surface area contributed by atoms with Gasteiger partial charge in [-0.3, -0.25) is 9.59 Å². The molecule has 2 amide bonds. The summed E-state index contributed by atoms with van der Waals surface area (Å²) in [5, 5.41) is 5.73. The van der Waals surface area contributed by atoms with E-state index in [2.05, 4.69) is 10.6 Å². The first-order chi connectivity index (χ1) is 13.0. The Labute approximate surface area is 160 Å². The third kappa shape index (κ3) is 7.88. The molecule has 0 saturated heterocycles. The highest BCUT2D eigenvalue weighted by Crippen LogP contribution is 2.06. The number of carbonyl (C=O) groups is 2. The summed E-state index contributed by atoms with van der Waals surface area (Å²) in [7, 11) is 0. The minimum Gasteiger partial charge on any atom is -0.349 e. The van der Waals surface area contributed by atoms with Gasteiger partial charge in [-0.05, 0) is 30.9 Å². The maximum atomic E-state index is 12.1. The van der Waals surface area contributed by atoms with Crippen LogP contribution < -0.4 is 16.4 Å². The minimum atomic E-state index is -0.593. The van der Waals surface area contributed by atoms with Crippen LogP contribution in [0.3, 0.4) is 0 Å². The van der Waals surface area contributed by atoms with E-state index >= 15 is 0 Å². The third-order valence-electron chi connectivity index (χ3n) is 4.12. The highest BCUT2D eigenvalue weighted by Gasteiger charge is 2.13. The van der Waals surface area contributed by atoms with Gasteiger partial charge in [-0.2, -0.15) is 0 Å². The van der Waals surface area contributed by atoms with Crippen molar-refractivity contribution < 1.29 is 9.59 Å². The third-order valence-corrected chi connectivity index (χ3v) is 4.12. The van der Waals surface area contributed by atoms with Gasteiger partial charge in [0, 0.05) is 18.7 Å². The van der Waals surface area contributed by atoms with Gasteiger partial charge in [0.05, 0.1) is 6.04 Å². The van der Waals surface area contributed by atoms with Gasteiger partial charge in [0.1, 0.15) is 0 Å². The topological polar surface area (TPSA) is 84.2 Å². The van der Waals surface area contributed by atoms with E-state index in [1.807, 2.05) is 60.7 Å². The quantitative estimate of drug-likeness (QED) is 0.596. The maximum Gasteiger partial charge on any atom is 0.244 e. The van der Waals surface area contributed by atoms with Crippen molar-refractivity contribution >= 4 is 11.8 Å². The smallest absolute Gasteiger partial charge is 0.244 e. The first kappa shape index (κ1) is 20.4. The van der Waals surface area contributed by atoms with Gasteiger partial charge in [0.2, 0.25) is 11.8 Å². The number of aryl methyl sites for hydroxylation is 1. The van der Waals surface area contributed by atoms with Gasteiger partial charge in [0.25, 0.3) is 0 Å². The Bertz CT molecular complexity index is 743. The fourth-order valence-electron chi connectivity index (χ4n) is 2.55. The summed E-state index contributed by atoms with van der Waals surface area (Å²) in [6.07, 6.45) is 4.68. The molecule has 5 nitrogen and oxygen atoms in total. The molecule has 4 N–H and O–H groups in total. The van der Waals surface area contributed by atoms with Crippen LogP contribution in [-0.2, 0) is 22.6 Å². The van der Waals surface area contributed by atoms with Crippen LogP contribution in [0.25, 0.3) is 0 Å². The van der Waals surface area contributed by atoms with Crippen LogP contribution in [0.1, 0.15) is 24.5 Å². The summed E-state index contributed by atoms with van der Waals surface area (Å²) in [5.41, 5.74) is 7.86. The summed E-state index contributed by atoms with van der Waals surface area (Å²) in [6.45, 7) is 2.10. The molecule has 0 saturated carbocycles.